The highest BCUT2D eigenvalue weighted by Gasteiger charge is 2.09. The summed E-state index contributed by atoms with van der Waals surface area (Å²) in [6, 6.07) is 17.4. The van der Waals surface area contributed by atoms with Gasteiger partial charge >= 0.3 is 0 Å². The van der Waals surface area contributed by atoms with Crippen molar-refractivity contribution in [3.8, 4) is 17.2 Å². The molecular formula is C20H21N3O3. The lowest BCUT2D eigenvalue weighted by Crippen LogP contribution is -2.23. The Kier molecular flexibility index (Phi) is 5.98. The molecule has 0 radical (unpaired) electrons. The lowest BCUT2D eigenvalue weighted by molar-refractivity contribution is -0.121. The zero-order valence-electron chi connectivity index (χ0n) is 14.6. The molecule has 134 valence electrons. The minimum Gasteiger partial charge on any atom is -0.494 e. The van der Waals surface area contributed by atoms with Gasteiger partial charge < -0.3 is 14.5 Å². The van der Waals surface area contributed by atoms with E-state index in [9.17, 15) is 4.79 Å². The molecule has 26 heavy (non-hydrogen) atoms. The van der Waals surface area contributed by atoms with E-state index in [1.807, 2.05) is 61.5 Å². The Bertz CT molecular complexity index is 829. The normalized spacial score (nSPS) is 10.5. The largest absolute Gasteiger partial charge is 0.494 e. The molecular weight excluding hydrogens is 330 g/mol. The van der Waals surface area contributed by atoms with Crippen LogP contribution in [0, 0.1) is 6.92 Å². The van der Waals surface area contributed by atoms with Gasteiger partial charge in [-0.15, -0.1) is 10.2 Å². The number of aryl methyl sites for hydroxylation is 1. The van der Waals surface area contributed by atoms with Crippen molar-refractivity contribution in [2.45, 2.75) is 26.3 Å². The van der Waals surface area contributed by atoms with Gasteiger partial charge in [0.25, 0.3) is 0 Å². The van der Waals surface area contributed by atoms with Crippen molar-refractivity contribution in [1.82, 2.24) is 15.5 Å². The smallest absolute Gasteiger partial charge is 0.247 e. The van der Waals surface area contributed by atoms with Crippen LogP contribution in [0.15, 0.2) is 59.0 Å². The molecule has 0 saturated heterocycles. The van der Waals surface area contributed by atoms with Crippen molar-refractivity contribution < 1.29 is 13.9 Å². The van der Waals surface area contributed by atoms with E-state index in [1.54, 1.807) is 0 Å². The Morgan fingerprint density at radius 1 is 1.08 bits per heavy atom. The van der Waals surface area contributed by atoms with Gasteiger partial charge in [0.05, 0.1) is 13.2 Å². The van der Waals surface area contributed by atoms with Crippen molar-refractivity contribution in [1.29, 1.82) is 0 Å². The summed E-state index contributed by atoms with van der Waals surface area (Å²) in [7, 11) is 0. The molecule has 1 amide bonds. The van der Waals surface area contributed by atoms with E-state index < -0.39 is 0 Å². The van der Waals surface area contributed by atoms with Crippen LogP contribution in [0.2, 0.25) is 0 Å². The summed E-state index contributed by atoms with van der Waals surface area (Å²) in [5, 5.41) is 10.8. The van der Waals surface area contributed by atoms with Crippen LogP contribution in [0.3, 0.4) is 0 Å². The number of hydrogen-bond donors (Lipinski definition) is 1. The number of benzene rings is 2. The fraction of sp³-hybridized carbons (Fsp3) is 0.250. The number of aromatic nitrogens is 2. The number of para-hydroxylation sites is 1. The molecule has 0 unspecified atom stereocenters. The van der Waals surface area contributed by atoms with E-state index in [-0.39, 0.29) is 12.5 Å². The second-order valence-electron chi connectivity index (χ2n) is 5.91. The number of rotatable bonds is 8. The molecule has 0 spiro atoms. The van der Waals surface area contributed by atoms with Crippen LogP contribution < -0.4 is 10.1 Å². The van der Waals surface area contributed by atoms with Crippen molar-refractivity contribution in [3.05, 3.63) is 66.1 Å². The van der Waals surface area contributed by atoms with Crippen LogP contribution in [0.5, 0.6) is 5.75 Å². The van der Waals surface area contributed by atoms with Gasteiger partial charge in [-0.25, -0.2) is 0 Å². The number of nitrogens with zero attached hydrogens (tertiary/aromatic N) is 2. The van der Waals surface area contributed by atoms with Crippen molar-refractivity contribution in [2.24, 2.45) is 0 Å². The molecule has 1 aromatic heterocycles. The maximum atomic E-state index is 11.9. The third-order valence-electron chi connectivity index (χ3n) is 3.76. The van der Waals surface area contributed by atoms with Crippen LogP contribution in [-0.4, -0.2) is 22.7 Å². The van der Waals surface area contributed by atoms with E-state index in [0.717, 1.165) is 16.9 Å². The van der Waals surface area contributed by atoms with E-state index in [2.05, 4.69) is 15.5 Å². The van der Waals surface area contributed by atoms with Gasteiger partial charge in [-0.1, -0.05) is 35.9 Å². The summed E-state index contributed by atoms with van der Waals surface area (Å²) in [4.78, 5) is 11.9. The van der Waals surface area contributed by atoms with Gasteiger partial charge in [-0.05, 0) is 37.6 Å². The van der Waals surface area contributed by atoms with Gasteiger partial charge in [0.1, 0.15) is 5.75 Å². The van der Waals surface area contributed by atoms with Gasteiger partial charge in [0.2, 0.25) is 17.7 Å². The standard InChI is InChI=1S/C20H21N3O3/c1-15-9-11-16(12-10-15)20-23-22-19(26-20)14-21-18(24)8-5-13-25-17-6-3-2-4-7-17/h2-4,6-7,9-12H,5,8,13-14H2,1H3,(H,21,24). The fourth-order valence-corrected chi connectivity index (χ4v) is 2.34. The van der Waals surface area contributed by atoms with Crippen LogP contribution >= 0.6 is 0 Å². The van der Waals surface area contributed by atoms with Crippen molar-refractivity contribution in [2.75, 3.05) is 6.61 Å². The summed E-state index contributed by atoms with van der Waals surface area (Å²) >= 11 is 0. The van der Waals surface area contributed by atoms with E-state index in [0.29, 0.717) is 31.2 Å². The van der Waals surface area contributed by atoms with Gasteiger partial charge in [0, 0.05) is 12.0 Å². The van der Waals surface area contributed by atoms with E-state index in [4.69, 9.17) is 9.15 Å². The average molecular weight is 351 g/mol. The SMILES string of the molecule is Cc1ccc(-c2nnc(CNC(=O)CCCOc3ccccc3)o2)cc1. The molecule has 3 rings (SSSR count). The Labute approximate surface area is 152 Å². The predicted molar refractivity (Wildman–Crippen MR) is 97.5 cm³/mol. The minimum absolute atomic E-state index is 0.0725. The summed E-state index contributed by atoms with van der Waals surface area (Å²) in [5.41, 5.74) is 2.02. The second-order valence-corrected chi connectivity index (χ2v) is 5.91. The number of carbonyl (C=O) groups excluding carboxylic acids is 1. The van der Waals surface area contributed by atoms with Crippen molar-refractivity contribution in [3.63, 3.8) is 0 Å². The molecule has 6 nitrogen and oxygen atoms in total. The van der Waals surface area contributed by atoms with Gasteiger partial charge in [-0.3, -0.25) is 4.79 Å². The number of amides is 1. The molecule has 0 aliphatic carbocycles. The van der Waals surface area contributed by atoms with Crippen LogP contribution in [0.4, 0.5) is 0 Å². The fourth-order valence-electron chi connectivity index (χ4n) is 2.34. The lowest BCUT2D eigenvalue weighted by atomic mass is 10.1. The first kappa shape index (κ1) is 17.7. The first-order valence-electron chi connectivity index (χ1n) is 8.55. The highest BCUT2D eigenvalue weighted by molar-refractivity contribution is 5.75. The number of carbonyl (C=O) groups is 1. The third-order valence-corrected chi connectivity index (χ3v) is 3.76. The summed E-state index contributed by atoms with van der Waals surface area (Å²) in [5.74, 6) is 1.57. The number of nitrogens with one attached hydrogen (secondary N) is 1. The first-order valence-corrected chi connectivity index (χ1v) is 8.55. The molecule has 0 aliphatic rings. The molecule has 0 atom stereocenters. The molecule has 3 aromatic rings. The Hall–Kier alpha value is -3.15. The maximum absolute atomic E-state index is 11.9. The number of ether oxygens (including phenoxy) is 1. The zero-order valence-corrected chi connectivity index (χ0v) is 14.6. The predicted octanol–water partition coefficient (Wildman–Crippen LogP) is 3.52. The first-order chi connectivity index (χ1) is 12.7. The molecule has 0 saturated carbocycles. The highest BCUT2D eigenvalue weighted by atomic mass is 16.5. The highest BCUT2D eigenvalue weighted by Crippen LogP contribution is 2.18. The Morgan fingerprint density at radius 3 is 2.62 bits per heavy atom. The molecule has 0 fully saturated rings. The topological polar surface area (TPSA) is 77.2 Å². The van der Waals surface area contributed by atoms with E-state index in [1.165, 1.54) is 0 Å². The molecule has 1 N–H and O–H groups in total. The van der Waals surface area contributed by atoms with Crippen LogP contribution in [-0.2, 0) is 11.3 Å². The summed E-state index contributed by atoms with van der Waals surface area (Å²) in [6.45, 7) is 2.73. The molecule has 6 heteroatoms. The molecule has 0 bridgehead atoms. The zero-order chi connectivity index (χ0) is 18.2. The van der Waals surface area contributed by atoms with E-state index >= 15 is 0 Å². The molecule has 2 aromatic carbocycles. The maximum Gasteiger partial charge on any atom is 0.247 e. The van der Waals surface area contributed by atoms with Crippen LogP contribution in [0.25, 0.3) is 11.5 Å². The monoisotopic (exact) mass is 351 g/mol. The minimum atomic E-state index is -0.0725. The molecule has 1 heterocycles. The van der Waals surface area contributed by atoms with Gasteiger partial charge in [-0.2, -0.15) is 0 Å². The Balaban J connectivity index is 1.38. The third kappa shape index (κ3) is 5.17. The lowest BCUT2D eigenvalue weighted by Gasteiger charge is -2.05. The molecule has 0 aliphatic heterocycles. The summed E-state index contributed by atoms with van der Waals surface area (Å²) < 4.78 is 11.1. The van der Waals surface area contributed by atoms with Gasteiger partial charge in [0.15, 0.2) is 0 Å². The second kappa shape index (κ2) is 8.80. The average Bonchev–Trinajstić information content (AvgIpc) is 3.14. The summed E-state index contributed by atoms with van der Waals surface area (Å²) in [6.07, 6.45) is 1.02. The van der Waals surface area contributed by atoms with Crippen LogP contribution in [0.1, 0.15) is 24.3 Å². The quantitative estimate of drug-likeness (QED) is 0.628. The van der Waals surface area contributed by atoms with Crippen molar-refractivity contribution >= 4 is 5.91 Å². The number of hydrogen-bond acceptors (Lipinski definition) is 5. The Morgan fingerprint density at radius 2 is 1.85 bits per heavy atom.